The number of hydrogen-bond acceptors (Lipinski definition) is 6. The highest BCUT2D eigenvalue weighted by atomic mass is 16.5. The zero-order valence-electron chi connectivity index (χ0n) is 11.3. The lowest BCUT2D eigenvalue weighted by Crippen LogP contribution is -2.32. The van der Waals surface area contributed by atoms with Crippen molar-refractivity contribution in [3.63, 3.8) is 0 Å². The van der Waals surface area contributed by atoms with Crippen molar-refractivity contribution in [2.45, 2.75) is 13.5 Å². The van der Waals surface area contributed by atoms with Crippen molar-refractivity contribution < 1.29 is 9.47 Å². The van der Waals surface area contributed by atoms with Crippen LogP contribution < -0.4 is 10.6 Å². The van der Waals surface area contributed by atoms with Crippen LogP contribution in [0.1, 0.15) is 11.3 Å². The number of nitrogens with zero attached hydrogens (tertiary/aromatic N) is 3. The Hall–Kier alpha value is -1.24. The highest BCUT2D eigenvalue weighted by molar-refractivity contribution is 5.32. The SMILES string of the molecule is COCCN(CCOC)c1ncc(CN)c(C)n1. The van der Waals surface area contributed by atoms with Crippen LogP contribution in [-0.2, 0) is 16.0 Å². The fraction of sp³-hybridized carbons (Fsp3) is 0.667. The molecule has 2 N–H and O–H groups in total. The Labute approximate surface area is 108 Å². The van der Waals surface area contributed by atoms with E-state index in [0.717, 1.165) is 24.3 Å². The molecule has 0 bridgehead atoms. The predicted octanol–water partition coefficient (Wildman–Crippen LogP) is 0.343. The largest absolute Gasteiger partial charge is 0.383 e. The second-order valence-corrected chi connectivity index (χ2v) is 3.96. The van der Waals surface area contributed by atoms with E-state index in [9.17, 15) is 0 Å². The topological polar surface area (TPSA) is 73.5 Å². The molecule has 1 rings (SSSR count). The standard InChI is InChI=1S/C12H22N4O2/c1-10-11(8-13)9-14-12(15-10)16(4-6-17-2)5-7-18-3/h9H,4-8,13H2,1-3H3. The Morgan fingerprint density at radius 2 is 1.83 bits per heavy atom. The van der Waals surface area contributed by atoms with E-state index in [-0.39, 0.29) is 0 Å². The van der Waals surface area contributed by atoms with Gasteiger partial charge >= 0.3 is 0 Å². The number of anilines is 1. The van der Waals surface area contributed by atoms with Gasteiger partial charge in [-0.1, -0.05) is 0 Å². The Balaban J connectivity index is 2.79. The summed E-state index contributed by atoms with van der Waals surface area (Å²) in [6, 6.07) is 0. The maximum absolute atomic E-state index is 5.60. The lowest BCUT2D eigenvalue weighted by atomic mass is 10.2. The van der Waals surface area contributed by atoms with Crippen LogP contribution in [0.15, 0.2) is 6.20 Å². The van der Waals surface area contributed by atoms with Crippen LogP contribution in [-0.4, -0.2) is 50.5 Å². The van der Waals surface area contributed by atoms with Gasteiger partial charge in [-0.05, 0) is 6.92 Å². The highest BCUT2D eigenvalue weighted by Crippen LogP contribution is 2.10. The van der Waals surface area contributed by atoms with Gasteiger partial charge in [0, 0.05) is 51.3 Å². The molecule has 0 spiro atoms. The summed E-state index contributed by atoms with van der Waals surface area (Å²) < 4.78 is 10.2. The molecule has 0 unspecified atom stereocenters. The van der Waals surface area contributed by atoms with Crippen LogP contribution >= 0.6 is 0 Å². The Morgan fingerprint density at radius 1 is 1.22 bits per heavy atom. The molecule has 18 heavy (non-hydrogen) atoms. The second-order valence-electron chi connectivity index (χ2n) is 3.96. The molecule has 0 aliphatic heterocycles. The number of aromatic nitrogens is 2. The number of nitrogens with two attached hydrogens (primary N) is 1. The molecule has 1 heterocycles. The Bertz CT molecular complexity index is 352. The van der Waals surface area contributed by atoms with Gasteiger partial charge in [-0.2, -0.15) is 0 Å². The van der Waals surface area contributed by atoms with Gasteiger partial charge in [-0.3, -0.25) is 0 Å². The van der Waals surface area contributed by atoms with Crippen LogP contribution in [0, 0.1) is 6.92 Å². The molecule has 6 heteroatoms. The molecule has 102 valence electrons. The first-order valence-electron chi connectivity index (χ1n) is 5.98. The van der Waals surface area contributed by atoms with Gasteiger partial charge < -0.3 is 20.1 Å². The second kappa shape index (κ2) is 7.97. The highest BCUT2D eigenvalue weighted by Gasteiger charge is 2.10. The van der Waals surface area contributed by atoms with Gasteiger partial charge in [0.05, 0.1) is 13.2 Å². The molecular formula is C12H22N4O2. The number of aryl methyl sites for hydroxylation is 1. The first-order valence-corrected chi connectivity index (χ1v) is 5.98. The van der Waals surface area contributed by atoms with Crippen molar-refractivity contribution in [3.8, 4) is 0 Å². The van der Waals surface area contributed by atoms with Crippen molar-refractivity contribution >= 4 is 5.95 Å². The summed E-state index contributed by atoms with van der Waals surface area (Å²) in [5, 5.41) is 0. The lowest BCUT2D eigenvalue weighted by molar-refractivity contribution is 0.189. The molecular weight excluding hydrogens is 232 g/mol. The summed E-state index contributed by atoms with van der Waals surface area (Å²) in [5.41, 5.74) is 7.49. The molecule has 0 saturated carbocycles. The molecule has 0 amide bonds. The van der Waals surface area contributed by atoms with Crippen molar-refractivity contribution in [2.75, 3.05) is 45.4 Å². The third-order valence-electron chi connectivity index (χ3n) is 2.70. The van der Waals surface area contributed by atoms with E-state index >= 15 is 0 Å². The van der Waals surface area contributed by atoms with E-state index in [1.165, 1.54) is 0 Å². The summed E-state index contributed by atoms with van der Waals surface area (Å²) in [6.07, 6.45) is 1.78. The fourth-order valence-corrected chi connectivity index (χ4v) is 1.55. The van der Waals surface area contributed by atoms with Crippen LogP contribution in [0.4, 0.5) is 5.95 Å². The molecule has 0 atom stereocenters. The van der Waals surface area contributed by atoms with E-state index in [4.69, 9.17) is 15.2 Å². The number of ether oxygens (including phenoxy) is 2. The maximum Gasteiger partial charge on any atom is 0.225 e. The summed E-state index contributed by atoms with van der Waals surface area (Å²) in [7, 11) is 3.36. The van der Waals surface area contributed by atoms with Crippen molar-refractivity contribution in [3.05, 3.63) is 17.5 Å². The molecule has 0 aliphatic carbocycles. The van der Waals surface area contributed by atoms with Gasteiger partial charge in [0.1, 0.15) is 0 Å². The van der Waals surface area contributed by atoms with Crippen molar-refractivity contribution in [1.82, 2.24) is 9.97 Å². The molecule has 0 saturated heterocycles. The van der Waals surface area contributed by atoms with Crippen LogP contribution in [0.3, 0.4) is 0 Å². The maximum atomic E-state index is 5.60. The number of hydrogen-bond donors (Lipinski definition) is 1. The third-order valence-corrected chi connectivity index (χ3v) is 2.70. The summed E-state index contributed by atoms with van der Waals surface area (Å²) in [4.78, 5) is 10.9. The van der Waals surface area contributed by atoms with Crippen molar-refractivity contribution in [2.24, 2.45) is 5.73 Å². The molecule has 0 radical (unpaired) electrons. The van der Waals surface area contributed by atoms with E-state index in [1.807, 2.05) is 11.8 Å². The molecule has 6 nitrogen and oxygen atoms in total. The molecule has 1 aromatic heterocycles. The van der Waals surface area contributed by atoms with Gasteiger partial charge in [0.15, 0.2) is 0 Å². The van der Waals surface area contributed by atoms with Gasteiger partial charge in [-0.15, -0.1) is 0 Å². The third kappa shape index (κ3) is 4.21. The smallest absolute Gasteiger partial charge is 0.225 e. The number of rotatable bonds is 8. The zero-order valence-corrected chi connectivity index (χ0v) is 11.3. The monoisotopic (exact) mass is 254 g/mol. The van der Waals surface area contributed by atoms with Crippen LogP contribution in [0.5, 0.6) is 0 Å². The molecule has 0 fully saturated rings. The minimum absolute atomic E-state index is 0.461. The van der Waals surface area contributed by atoms with Crippen molar-refractivity contribution in [1.29, 1.82) is 0 Å². The molecule has 1 aromatic rings. The fourth-order valence-electron chi connectivity index (χ4n) is 1.55. The van der Waals surface area contributed by atoms with E-state index in [2.05, 4.69) is 9.97 Å². The van der Waals surface area contributed by atoms with E-state index in [1.54, 1.807) is 20.4 Å². The normalized spacial score (nSPS) is 10.7. The quantitative estimate of drug-likeness (QED) is 0.721. The molecule has 0 aliphatic rings. The lowest BCUT2D eigenvalue weighted by Gasteiger charge is -2.22. The Morgan fingerprint density at radius 3 is 2.28 bits per heavy atom. The minimum atomic E-state index is 0.461. The summed E-state index contributed by atoms with van der Waals surface area (Å²) in [5.74, 6) is 0.693. The van der Waals surface area contributed by atoms with Crippen LogP contribution in [0.25, 0.3) is 0 Å². The average Bonchev–Trinajstić information content (AvgIpc) is 2.39. The van der Waals surface area contributed by atoms with Gasteiger partial charge in [-0.25, -0.2) is 9.97 Å². The summed E-state index contributed by atoms with van der Waals surface area (Å²) >= 11 is 0. The predicted molar refractivity (Wildman–Crippen MR) is 70.6 cm³/mol. The minimum Gasteiger partial charge on any atom is -0.383 e. The first-order chi connectivity index (χ1) is 8.72. The summed E-state index contributed by atoms with van der Waals surface area (Å²) in [6.45, 7) is 5.14. The Kier molecular flexibility index (Phi) is 6.56. The van der Waals surface area contributed by atoms with Gasteiger partial charge in [0.2, 0.25) is 5.95 Å². The number of methoxy groups -OCH3 is 2. The van der Waals surface area contributed by atoms with E-state index < -0.39 is 0 Å². The first kappa shape index (κ1) is 14.8. The average molecular weight is 254 g/mol. The van der Waals surface area contributed by atoms with Gasteiger partial charge in [0.25, 0.3) is 0 Å². The van der Waals surface area contributed by atoms with E-state index in [0.29, 0.717) is 25.7 Å². The molecule has 0 aromatic carbocycles. The zero-order chi connectivity index (χ0) is 13.4. The van der Waals surface area contributed by atoms with Crippen LogP contribution in [0.2, 0.25) is 0 Å².